The summed E-state index contributed by atoms with van der Waals surface area (Å²) in [6, 6.07) is 15.8. The molecule has 0 aromatic heterocycles. The molecule has 1 amide bonds. The van der Waals surface area contributed by atoms with E-state index in [2.05, 4.69) is 15.5 Å². The second-order valence-corrected chi connectivity index (χ2v) is 5.68. The Labute approximate surface area is 136 Å². The van der Waals surface area contributed by atoms with Crippen LogP contribution < -0.4 is 5.32 Å². The largest absolute Gasteiger partial charge is 0.299 e. The van der Waals surface area contributed by atoms with Crippen molar-refractivity contribution in [2.75, 3.05) is 0 Å². The zero-order valence-corrected chi connectivity index (χ0v) is 12.8. The number of hydrogen-bond acceptors (Lipinski definition) is 4. The van der Waals surface area contributed by atoms with Gasteiger partial charge in [-0.1, -0.05) is 48.5 Å². The smallest absolute Gasteiger partial charge is 0.264 e. The van der Waals surface area contributed by atoms with Gasteiger partial charge in [-0.15, -0.1) is 5.10 Å². The van der Waals surface area contributed by atoms with Gasteiger partial charge in [0.05, 0.1) is 11.1 Å². The van der Waals surface area contributed by atoms with Crippen LogP contribution in [0.3, 0.4) is 0 Å². The van der Waals surface area contributed by atoms with E-state index < -0.39 is 0 Å². The molecule has 1 heterocycles. The summed E-state index contributed by atoms with van der Waals surface area (Å²) in [5.74, 6) is -0.687. The van der Waals surface area contributed by atoms with Crippen molar-refractivity contribution in [1.82, 2.24) is 5.32 Å². The number of carbonyl (C=O) groups is 1. The highest BCUT2D eigenvalue weighted by atomic mass is 32.2. The van der Waals surface area contributed by atoms with Gasteiger partial charge in [0.15, 0.2) is 5.17 Å². The van der Waals surface area contributed by atoms with Gasteiger partial charge in [0.25, 0.3) is 5.91 Å². The summed E-state index contributed by atoms with van der Waals surface area (Å²) in [4.78, 5) is 12.3. The SMILES string of the molecule is O=C1N/C(=N\N=C/c2ccccc2)S/C1=C/c1ccccc1F. The third-order valence-electron chi connectivity index (χ3n) is 3.00. The van der Waals surface area contributed by atoms with Crippen molar-refractivity contribution >= 4 is 35.1 Å². The Morgan fingerprint density at radius 1 is 1.04 bits per heavy atom. The Morgan fingerprint density at radius 3 is 2.57 bits per heavy atom. The summed E-state index contributed by atoms with van der Waals surface area (Å²) in [6.07, 6.45) is 3.09. The minimum atomic E-state index is -0.374. The van der Waals surface area contributed by atoms with Crippen molar-refractivity contribution < 1.29 is 9.18 Å². The van der Waals surface area contributed by atoms with Crippen molar-refractivity contribution in [3.05, 3.63) is 76.4 Å². The molecular formula is C17H12FN3OS. The monoisotopic (exact) mass is 325 g/mol. The fourth-order valence-electron chi connectivity index (χ4n) is 1.90. The van der Waals surface area contributed by atoms with Crippen molar-refractivity contribution in [3.8, 4) is 0 Å². The Hall–Kier alpha value is -2.73. The first-order valence-electron chi connectivity index (χ1n) is 6.84. The second-order valence-electron chi connectivity index (χ2n) is 4.65. The van der Waals surface area contributed by atoms with Crippen molar-refractivity contribution in [2.45, 2.75) is 0 Å². The van der Waals surface area contributed by atoms with Gasteiger partial charge in [-0.05, 0) is 29.5 Å². The van der Waals surface area contributed by atoms with Crippen LogP contribution in [0.5, 0.6) is 0 Å². The molecule has 1 aliphatic rings. The molecular weight excluding hydrogens is 313 g/mol. The van der Waals surface area contributed by atoms with Gasteiger partial charge >= 0.3 is 0 Å². The van der Waals surface area contributed by atoms with Crippen LogP contribution in [0, 0.1) is 5.82 Å². The highest BCUT2D eigenvalue weighted by Crippen LogP contribution is 2.26. The quantitative estimate of drug-likeness (QED) is 0.534. The zero-order chi connectivity index (χ0) is 16.1. The zero-order valence-electron chi connectivity index (χ0n) is 11.9. The van der Waals surface area contributed by atoms with E-state index in [1.54, 1.807) is 24.4 Å². The molecule has 2 aromatic rings. The summed E-state index contributed by atoms with van der Waals surface area (Å²) >= 11 is 1.13. The molecule has 0 saturated carbocycles. The number of nitrogens with one attached hydrogen (secondary N) is 1. The Balaban J connectivity index is 1.74. The molecule has 0 atom stereocenters. The summed E-state index contributed by atoms with van der Waals surface area (Å²) in [5.41, 5.74) is 1.27. The maximum Gasteiger partial charge on any atom is 0.264 e. The number of benzene rings is 2. The van der Waals surface area contributed by atoms with Crippen LogP contribution >= 0.6 is 11.8 Å². The molecule has 0 bridgehead atoms. The number of amides is 1. The normalized spacial score (nSPS) is 18.0. The van der Waals surface area contributed by atoms with E-state index >= 15 is 0 Å². The summed E-state index contributed by atoms with van der Waals surface area (Å²) in [7, 11) is 0. The minimum Gasteiger partial charge on any atom is -0.299 e. The maximum absolute atomic E-state index is 13.6. The molecule has 23 heavy (non-hydrogen) atoms. The molecule has 6 heteroatoms. The molecule has 1 aliphatic heterocycles. The third kappa shape index (κ3) is 3.92. The number of nitrogens with zero attached hydrogens (tertiary/aromatic N) is 2. The molecule has 0 unspecified atom stereocenters. The van der Waals surface area contributed by atoms with Gasteiger partial charge in [0.1, 0.15) is 5.82 Å². The van der Waals surface area contributed by atoms with Gasteiger partial charge < -0.3 is 0 Å². The predicted octanol–water partition coefficient (Wildman–Crippen LogP) is 3.42. The van der Waals surface area contributed by atoms with Crippen LogP contribution in [0.4, 0.5) is 4.39 Å². The number of halogens is 1. The first-order valence-corrected chi connectivity index (χ1v) is 7.65. The molecule has 0 spiro atoms. The fraction of sp³-hybridized carbons (Fsp3) is 0. The van der Waals surface area contributed by atoms with Gasteiger partial charge in [-0.2, -0.15) is 5.10 Å². The van der Waals surface area contributed by atoms with Crippen LogP contribution in [0.15, 0.2) is 69.7 Å². The Bertz CT molecular complexity index is 816. The molecule has 3 rings (SSSR count). The molecule has 1 saturated heterocycles. The van der Waals surface area contributed by atoms with Crippen LogP contribution in [-0.4, -0.2) is 17.3 Å². The molecule has 0 aliphatic carbocycles. The predicted molar refractivity (Wildman–Crippen MR) is 91.6 cm³/mol. The van der Waals surface area contributed by atoms with E-state index in [-0.39, 0.29) is 11.7 Å². The number of carbonyl (C=O) groups excluding carboxylic acids is 1. The van der Waals surface area contributed by atoms with Gasteiger partial charge in [-0.3, -0.25) is 10.1 Å². The summed E-state index contributed by atoms with van der Waals surface area (Å²) < 4.78 is 13.6. The van der Waals surface area contributed by atoms with Crippen molar-refractivity contribution in [2.24, 2.45) is 10.2 Å². The first-order chi connectivity index (χ1) is 11.2. The number of thioether (sulfide) groups is 1. The average molecular weight is 325 g/mol. The van der Waals surface area contributed by atoms with Crippen molar-refractivity contribution in [3.63, 3.8) is 0 Å². The number of amidine groups is 1. The molecule has 2 aromatic carbocycles. The molecule has 114 valence electrons. The lowest BCUT2D eigenvalue weighted by Crippen LogP contribution is -2.19. The second kappa shape index (κ2) is 7.02. The van der Waals surface area contributed by atoms with E-state index in [1.165, 1.54) is 12.1 Å². The van der Waals surface area contributed by atoms with Gasteiger partial charge in [-0.25, -0.2) is 4.39 Å². The van der Waals surface area contributed by atoms with Crippen LogP contribution in [0.2, 0.25) is 0 Å². The lowest BCUT2D eigenvalue weighted by Gasteiger charge is -1.96. The Kier molecular flexibility index (Phi) is 4.63. The van der Waals surface area contributed by atoms with Crippen LogP contribution in [0.25, 0.3) is 6.08 Å². The third-order valence-corrected chi connectivity index (χ3v) is 3.90. The summed E-state index contributed by atoms with van der Waals surface area (Å²) in [5, 5.41) is 10.9. The molecule has 1 N–H and O–H groups in total. The number of hydrogen-bond donors (Lipinski definition) is 1. The summed E-state index contributed by atoms with van der Waals surface area (Å²) in [6.45, 7) is 0. The highest BCUT2D eigenvalue weighted by Gasteiger charge is 2.24. The van der Waals surface area contributed by atoms with Crippen LogP contribution in [0.1, 0.15) is 11.1 Å². The molecule has 4 nitrogen and oxygen atoms in total. The lowest BCUT2D eigenvalue weighted by molar-refractivity contribution is -0.115. The number of rotatable bonds is 3. The molecule has 1 fully saturated rings. The average Bonchev–Trinajstić information content (AvgIpc) is 2.90. The fourth-order valence-corrected chi connectivity index (χ4v) is 2.67. The van der Waals surface area contributed by atoms with E-state index in [0.717, 1.165) is 17.3 Å². The van der Waals surface area contributed by atoms with Gasteiger partial charge in [0.2, 0.25) is 0 Å². The van der Waals surface area contributed by atoms with E-state index in [4.69, 9.17) is 0 Å². The topological polar surface area (TPSA) is 53.8 Å². The minimum absolute atomic E-state index is 0.313. The lowest BCUT2D eigenvalue weighted by atomic mass is 10.2. The van der Waals surface area contributed by atoms with Crippen LogP contribution in [-0.2, 0) is 4.79 Å². The first kappa shape index (κ1) is 15.2. The Morgan fingerprint density at radius 2 is 1.78 bits per heavy atom. The van der Waals surface area contributed by atoms with E-state index in [0.29, 0.717) is 15.6 Å². The highest BCUT2D eigenvalue weighted by molar-refractivity contribution is 8.18. The van der Waals surface area contributed by atoms with Crippen molar-refractivity contribution in [1.29, 1.82) is 0 Å². The standard InChI is InChI=1S/C17H12FN3OS/c18-14-9-5-4-8-13(14)10-15-16(22)20-17(23-15)21-19-11-12-6-2-1-3-7-12/h1-11H,(H,20,21,22)/b15-10+,19-11-. The molecule has 0 radical (unpaired) electrons. The van der Waals surface area contributed by atoms with Gasteiger partial charge in [0, 0.05) is 5.56 Å². The van der Waals surface area contributed by atoms with E-state index in [1.807, 2.05) is 30.3 Å². The maximum atomic E-state index is 13.6. The van der Waals surface area contributed by atoms with E-state index in [9.17, 15) is 9.18 Å².